The summed E-state index contributed by atoms with van der Waals surface area (Å²) in [7, 11) is 0. The molecule has 2 N–H and O–H groups in total. The molecule has 92 valence electrons. The lowest BCUT2D eigenvalue weighted by Crippen LogP contribution is -2.07. The Balaban J connectivity index is 2.00. The average Bonchev–Trinajstić information content (AvgIpc) is 2.42. The lowest BCUT2D eigenvalue weighted by molar-refractivity contribution is 0.763. The summed E-state index contributed by atoms with van der Waals surface area (Å²) in [5.41, 5.74) is 4.99. The van der Waals surface area contributed by atoms with Crippen molar-refractivity contribution in [1.29, 1.82) is 0 Å². The number of rotatable bonds is 0. The van der Waals surface area contributed by atoms with Gasteiger partial charge in [-0.1, -0.05) is 30.3 Å². The molecule has 2 aromatic carbocycles. The highest BCUT2D eigenvalue weighted by atomic mass is 15.0. The molecule has 0 bridgehead atoms. The Bertz CT molecular complexity index is 487. The zero-order valence-corrected chi connectivity index (χ0v) is 10.4. The van der Waals surface area contributed by atoms with E-state index in [2.05, 4.69) is 59.2 Å². The summed E-state index contributed by atoms with van der Waals surface area (Å²) in [6, 6.07) is 17.0. The van der Waals surface area contributed by atoms with Crippen molar-refractivity contribution in [2.75, 3.05) is 17.2 Å². The molecule has 2 nitrogen and oxygen atoms in total. The standard InChI is InChI=1S/C16H18N2/c1-2-9-14-13(7-1)8-5-6-12-17-15-10-3-4-11-16(15)18-14/h1-4,7,9-11,17-18H,5-6,8,12H2. The quantitative estimate of drug-likeness (QED) is 0.719. The molecular formula is C16H18N2. The van der Waals surface area contributed by atoms with Gasteiger partial charge >= 0.3 is 0 Å². The second-order valence-corrected chi connectivity index (χ2v) is 4.71. The smallest absolute Gasteiger partial charge is 0.0620 e. The van der Waals surface area contributed by atoms with Crippen molar-refractivity contribution in [1.82, 2.24) is 0 Å². The first-order valence-electron chi connectivity index (χ1n) is 6.61. The van der Waals surface area contributed by atoms with Crippen LogP contribution >= 0.6 is 0 Å². The highest BCUT2D eigenvalue weighted by Gasteiger charge is 2.07. The average molecular weight is 238 g/mol. The van der Waals surface area contributed by atoms with Crippen LogP contribution in [0.3, 0.4) is 0 Å². The van der Waals surface area contributed by atoms with Crippen LogP contribution in [0.5, 0.6) is 0 Å². The zero-order valence-electron chi connectivity index (χ0n) is 10.4. The summed E-state index contributed by atoms with van der Waals surface area (Å²) >= 11 is 0. The van der Waals surface area contributed by atoms with E-state index in [4.69, 9.17) is 0 Å². The minimum Gasteiger partial charge on any atom is -0.383 e. The summed E-state index contributed by atoms with van der Waals surface area (Å²) in [6.45, 7) is 1.04. The molecule has 0 saturated carbocycles. The minimum absolute atomic E-state index is 1.04. The third kappa shape index (κ3) is 2.33. The Hall–Kier alpha value is -1.96. The lowest BCUT2D eigenvalue weighted by Gasteiger charge is -2.18. The first-order chi connectivity index (χ1) is 8.93. The molecule has 0 atom stereocenters. The highest BCUT2D eigenvalue weighted by Crippen LogP contribution is 2.28. The summed E-state index contributed by atoms with van der Waals surface area (Å²) < 4.78 is 0. The van der Waals surface area contributed by atoms with Crippen LogP contribution in [-0.2, 0) is 6.42 Å². The molecule has 3 rings (SSSR count). The van der Waals surface area contributed by atoms with Gasteiger partial charge in [-0.3, -0.25) is 0 Å². The lowest BCUT2D eigenvalue weighted by atomic mass is 10.0. The van der Waals surface area contributed by atoms with Gasteiger partial charge in [0.2, 0.25) is 0 Å². The number of hydrogen-bond donors (Lipinski definition) is 2. The number of anilines is 3. The van der Waals surface area contributed by atoms with Crippen molar-refractivity contribution in [3.05, 3.63) is 54.1 Å². The fourth-order valence-electron chi connectivity index (χ4n) is 2.42. The second kappa shape index (κ2) is 5.13. The van der Waals surface area contributed by atoms with Crippen LogP contribution in [0.2, 0.25) is 0 Å². The Morgan fingerprint density at radius 1 is 0.722 bits per heavy atom. The Labute approximate surface area is 108 Å². The third-order valence-corrected chi connectivity index (χ3v) is 3.40. The zero-order chi connectivity index (χ0) is 12.2. The molecule has 0 aromatic heterocycles. The predicted octanol–water partition coefficient (Wildman–Crippen LogP) is 4.18. The molecule has 0 saturated heterocycles. The van der Waals surface area contributed by atoms with Crippen molar-refractivity contribution < 1.29 is 0 Å². The fourth-order valence-corrected chi connectivity index (χ4v) is 2.42. The van der Waals surface area contributed by atoms with Crippen molar-refractivity contribution >= 4 is 17.1 Å². The summed E-state index contributed by atoms with van der Waals surface area (Å²) in [4.78, 5) is 0. The number of para-hydroxylation sites is 3. The van der Waals surface area contributed by atoms with Crippen molar-refractivity contribution in [2.45, 2.75) is 19.3 Å². The molecule has 0 unspecified atom stereocenters. The van der Waals surface area contributed by atoms with Crippen LogP contribution in [0.15, 0.2) is 48.5 Å². The van der Waals surface area contributed by atoms with Gasteiger partial charge in [-0.2, -0.15) is 0 Å². The van der Waals surface area contributed by atoms with Crippen LogP contribution in [-0.4, -0.2) is 6.54 Å². The van der Waals surface area contributed by atoms with E-state index >= 15 is 0 Å². The van der Waals surface area contributed by atoms with Crippen LogP contribution in [0.25, 0.3) is 0 Å². The van der Waals surface area contributed by atoms with Gasteiger partial charge in [0.1, 0.15) is 0 Å². The molecule has 2 heteroatoms. The monoisotopic (exact) mass is 238 g/mol. The Morgan fingerprint density at radius 3 is 2.33 bits per heavy atom. The molecular weight excluding hydrogens is 220 g/mol. The van der Waals surface area contributed by atoms with Crippen LogP contribution in [0.1, 0.15) is 18.4 Å². The normalized spacial score (nSPS) is 14.7. The van der Waals surface area contributed by atoms with E-state index in [0.29, 0.717) is 0 Å². The van der Waals surface area contributed by atoms with Crippen LogP contribution in [0.4, 0.5) is 17.1 Å². The SMILES string of the molecule is c1ccc2c(c1)CCCCNc1ccccc1N2. The van der Waals surface area contributed by atoms with E-state index in [-0.39, 0.29) is 0 Å². The number of fused-ring (bicyclic) bond motifs is 2. The van der Waals surface area contributed by atoms with Crippen molar-refractivity contribution in [2.24, 2.45) is 0 Å². The first kappa shape index (κ1) is 11.1. The van der Waals surface area contributed by atoms with Crippen LogP contribution in [0, 0.1) is 0 Å². The van der Waals surface area contributed by atoms with Gasteiger partial charge in [-0.15, -0.1) is 0 Å². The van der Waals surface area contributed by atoms with Gasteiger partial charge in [0, 0.05) is 12.2 Å². The molecule has 1 aliphatic rings. The minimum atomic E-state index is 1.04. The maximum Gasteiger partial charge on any atom is 0.0620 e. The predicted molar refractivity (Wildman–Crippen MR) is 77.6 cm³/mol. The molecule has 1 aliphatic heterocycles. The Kier molecular flexibility index (Phi) is 3.18. The number of aryl methyl sites for hydroxylation is 1. The van der Waals surface area contributed by atoms with Gasteiger partial charge in [-0.05, 0) is 43.0 Å². The van der Waals surface area contributed by atoms with Crippen LogP contribution < -0.4 is 10.6 Å². The maximum atomic E-state index is 3.55. The molecule has 1 heterocycles. The second-order valence-electron chi connectivity index (χ2n) is 4.71. The maximum absolute atomic E-state index is 3.55. The topological polar surface area (TPSA) is 24.1 Å². The summed E-state index contributed by atoms with van der Waals surface area (Å²) in [5.74, 6) is 0. The Morgan fingerprint density at radius 2 is 1.44 bits per heavy atom. The first-order valence-corrected chi connectivity index (χ1v) is 6.61. The number of benzene rings is 2. The number of nitrogens with one attached hydrogen (secondary N) is 2. The number of hydrogen-bond acceptors (Lipinski definition) is 2. The molecule has 0 aliphatic carbocycles. The van der Waals surface area contributed by atoms with E-state index in [1.807, 2.05) is 0 Å². The van der Waals surface area contributed by atoms with Gasteiger partial charge in [0.15, 0.2) is 0 Å². The molecule has 2 aromatic rings. The van der Waals surface area contributed by atoms with E-state index in [1.54, 1.807) is 0 Å². The molecule has 0 radical (unpaired) electrons. The summed E-state index contributed by atoms with van der Waals surface area (Å²) in [6.07, 6.45) is 3.59. The largest absolute Gasteiger partial charge is 0.383 e. The van der Waals surface area contributed by atoms with Gasteiger partial charge in [-0.25, -0.2) is 0 Å². The van der Waals surface area contributed by atoms with E-state index < -0.39 is 0 Å². The van der Waals surface area contributed by atoms with Crippen molar-refractivity contribution in [3.63, 3.8) is 0 Å². The van der Waals surface area contributed by atoms with E-state index in [9.17, 15) is 0 Å². The van der Waals surface area contributed by atoms with Gasteiger partial charge in [0.05, 0.1) is 11.4 Å². The molecule has 18 heavy (non-hydrogen) atoms. The molecule has 0 spiro atoms. The highest BCUT2D eigenvalue weighted by molar-refractivity contribution is 5.75. The van der Waals surface area contributed by atoms with Gasteiger partial charge < -0.3 is 10.6 Å². The fraction of sp³-hybridized carbons (Fsp3) is 0.250. The third-order valence-electron chi connectivity index (χ3n) is 3.40. The molecule has 0 fully saturated rings. The van der Waals surface area contributed by atoms with E-state index in [0.717, 1.165) is 18.7 Å². The van der Waals surface area contributed by atoms with E-state index in [1.165, 1.54) is 29.8 Å². The van der Waals surface area contributed by atoms with Gasteiger partial charge in [0.25, 0.3) is 0 Å². The van der Waals surface area contributed by atoms with Crippen molar-refractivity contribution in [3.8, 4) is 0 Å². The summed E-state index contributed by atoms with van der Waals surface area (Å²) in [5, 5.41) is 7.05. The molecule has 0 amide bonds.